The third kappa shape index (κ3) is 4.72. The van der Waals surface area contributed by atoms with Crippen molar-refractivity contribution in [2.45, 2.75) is 38.5 Å². The number of halogens is 5. The summed E-state index contributed by atoms with van der Waals surface area (Å²) in [5.74, 6) is -4.06. The first-order valence-corrected chi connectivity index (χ1v) is 10.4. The van der Waals surface area contributed by atoms with E-state index in [1.54, 1.807) is 6.92 Å². The smallest absolute Gasteiger partial charge is 0.417 e. The number of pyridine rings is 1. The predicted octanol–water partition coefficient (Wildman–Crippen LogP) is 3.99. The van der Waals surface area contributed by atoms with E-state index in [4.69, 9.17) is 20.9 Å². The van der Waals surface area contributed by atoms with Gasteiger partial charge in [0.05, 0.1) is 19.2 Å². The van der Waals surface area contributed by atoms with E-state index in [0.29, 0.717) is 11.0 Å². The molecule has 0 aliphatic carbocycles. The van der Waals surface area contributed by atoms with Crippen molar-refractivity contribution in [2.75, 3.05) is 19.5 Å². The number of primary amides is 1. The molecule has 0 radical (unpaired) electrons. The fraction of sp³-hybridized carbons (Fsp3) is 0.409. The zero-order valence-corrected chi connectivity index (χ0v) is 19.3. The number of anilines is 1. The van der Waals surface area contributed by atoms with Crippen LogP contribution in [-0.2, 0) is 4.74 Å². The van der Waals surface area contributed by atoms with Crippen molar-refractivity contribution in [3.8, 4) is 5.75 Å². The summed E-state index contributed by atoms with van der Waals surface area (Å²) in [6.45, 7) is 3.90. The second-order valence-corrected chi connectivity index (χ2v) is 8.27. The van der Waals surface area contributed by atoms with Gasteiger partial charge in [-0.15, -0.1) is 0 Å². The Morgan fingerprint density at radius 2 is 1.94 bits per heavy atom. The average molecular weight is 501 g/mol. The lowest BCUT2D eigenvalue weighted by Gasteiger charge is -2.32. The molecule has 2 unspecified atom stereocenters. The Kier molecular flexibility index (Phi) is 6.93. The Morgan fingerprint density at radius 1 is 1.29 bits per heavy atom. The number of aromatic nitrogens is 3. The van der Waals surface area contributed by atoms with E-state index in [0.717, 1.165) is 25.9 Å². The molecule has 2 aromatic heterocycles. The summed E-state index contributed by atoms with van der Waals surface area (Å²) in [5, 5.41) is 0. The van der Waals surface area contributed by atoms with Crippen molar-refractivity contribution in [1.82, 2.24) is 15.0 Å². The van der Waals surface area contributed by atoms with Gasteiger partial charge in [-0.3, -0.25) is 4.79 Å². The van der Waals surface area contributed by atoms with E-state index < -0.39 is 41.2 Å². The maximum atomic E-state index is 13.7. The summed E-state index contributed by atoms with van der Waals surface area (Å²) in [6, 6.07) is 3.65. The maximum Gasteiger partial charge on any atom is 0.417 e. The fourth-order valence-electron chi connectivity index (χ4n) is 3.96. The van der Waals surface area contributed by atoms with Crippen LogP contribution in [0.2, 0.25) is 0 Å². The molecule has 3 aromatic rings. The minimum Gasteiger partial charge on any atom is -0.493 e. The molecule has 0 bridgehead atoms. The molecule has 1 aliphatic rings. The SMILES string of the molecule is COc1c(C2CO[C@@](C)(C(F)(F)F)C2C)ccc(F)c1F.Cc1nc2c(N)nc(C(N)=O)cc2[nH]1. The number of carbonyl (C=O) groups excluding carboxylic acids is 1. The lowest BCUT2D eigenvalue weighted by Crippen LogP contribution is -2.46. The molecule has 1 saturated heterocycles. The van der Waals surface area contributed by atoms with E-state index in [1.807, 2.05) is 0 Å². The van der Waals surface area contributed by atoms with Crippen LogP contribution in [0.1, 0.15) is 41.6 Å². The second kappa shape index (κ2) is 9.29. The van der Waals surface area contributed by atoms with Gasteiger partial charge in [-0.2, -0.15) is 17.6 Å². The van der Waals surface area contributed by atoms with Crippen LogP contribution in [0.15, 0.2) is 18.2 Å². The number of rotatable bonds is 3. The highest BCUT2D eigenvalue weighted by molar-refractivity contribution is 5.96. The van der Waals surface area contributed by atoms with Crippen molar-refractivity contribution in [3.05, 3.63) is 46.9 Å². The number of nitrogens with zero attached hydrogens (tertiary/aromatic N) is 2. The normalized spacial score (nSPS) is 22.1. The van der Waals surface area contributed by atoms with Gasteiger partial charge >= 0.3 is 6.18 Å². The molecule has 0 spiro atoms. The highest BCUT2D eigenvalue weighted by atomic mass is 19.4. The summed E-state index contributed by atoms with van der Waals surface area (Å²) < 4.78 is 76.0. The number of hydrogen-bond acceptors (Lipinski definition) is 6. The van der Waals surface area contributed by atoms with Gasteiger partial charge < -0.3 is 25.9 Å². The van der Waals surface area contributed by atoms with Gasteiger partial charge in [-0.25, -0.2) is 14.4 Å². The number of ether oxygens (including phenoxy) is 2. The topological polar surface area (TPSA) is 129 Å². The van der Waals surface area contributed by atoms with Crippen molar-refractivity contribution in [2.24, 2.45) is 11.7 Å². The zero-order chi connectivity index (χ0) is 26.3. The number of aryl methyl sites for hydroxylation is 1. The lowest BCUT2D eigenvalue weighted by atomic mass is 9.79. The summed E-state index contributed by atoms with van der Waals surface area (Å²) in [5.41, 5.74) is 9.92. The molecule has 1 amide bonds. The van der Waals surface area contributed by atoms with Crippen LogP contribution in [0.3, 0.4) is 0 Å². The quantitative estimate of drug-likeness (QED) is 0.466. The van der Waals surface area contributed by atoms with E-state index >= 15 is 0 Å². The molecule has 13 heteroatoms. The van der Waals surface area contributed by atoms with Crippen LogP contribution in [0.5, 0.6) is 5.75 Å². The number of nitrogens with one attached hydrogen (secondary N) is 1. The molecule has 190 valence electrons. The Hall–Kier alpha value is -3.48. The average Bonchev–Trinajstić information content (AvgIpc) is 3.30. The molecule has 5 N–H and O–H groups in total. The lowest BCUT2D eigenvalue weighted by molar-refractivity contribution is -0.266. The number of fused-ring (bicyclic) bond motifs is 1. The van der Waals surface area contributed by atoms with Crippen molar-refractivity contribution >= 4 is 22.8 Å². The molecule has 1 aromatic carbocycles. The number of hydrogen-bond donors (Lipinski definition) is 3. The summed E-state index contributed by atoms with van der Waals surface area (Å²) in [4.78, 5) is 21.8. The first kappa shape index (κ1) is 26.1. The second-order valence-electron chi connectivity index (χ2n) is 8.27. The molecule has 8 nitrogen and oxygen atoms in total. The molecule has 1 fully saturated rings. The van der Waals surface area contributed by atoms with Crippen LogP contribution in [0.4, 0.5) is 27.8 Å². The van der Waals surface area contributed by atoms with Crippen molar-refractivity contribution in [1.29, 1.82) is 0 Å². The number of H-pyrrole nitrogens is 1. The van der Waals surface area contributed by atoms with Gasteiger partial charge in [0, 0.05) is 17.4 Å². The van der Waals surface area contributed by atoms with Gasteiger partial charge in [-0.05, 0) is 26.0 Å². The number of nitrogen functional groups attached to an aromatic ring is 1. The standard InChI is InChI=1S/C14H15F5O2.C8H9N5O/c1-7-9(6-21-13(7,2)14(17,18)19)8-4-5-10(15)11(16)12(8)20-3;1-3-11-4-2-5(8(10)14)13-7(9)6(4)12-3/h4-5,7,9H,6H2,1-3H3;2H,1H3,(H2,9,13)(H2,10,14)(H,11,12)/t7?,9?,13-;/m1./s1. The minimum absolute atomic E-state index is 0.138. The Bertz CT molecular complexity index is 1260. The molecule has 1 aliphatic heterocycles. The maximum absolute atomic E-state index is 13.7. The number of methoxy groups -OCH3 is 1. The van der Waals surface area contributed by atoms with Crippen molar-refractivity contribution < 1.29 is 36.2 Å². The van der Waals surface area contributed by atoms with Gasteiger partial charge in [0.15, 0.2) is 23.0 Å². The summed E-state index contributed by atoms with van der Waals surface area (Å²) in [7, 11) is 1.14. The summed E-state index contributed by atoms with van der Waals surface area (Å²) in [6.07, 6.45) is -4.55. The molecule has 3 heterocycles. The summed E-state index contributed by atoms with van der Waals surface area (Å²) >= 11 is 0. The zero-order valence-electron chi connectivity index (χ0n) is 19.3. The molecular formula is C22H24F5N5O3. The van der Waals surface area contributed by atoms with Crippen LogP contribution >= 0.6 is 0 Å². The number of amides is 1. The van der Waals surface area contributed by atoms with Gasteiger partial charge in [0.2, 0.25) is 5.82 Å². The highest BCUT2D eigenvalue weighted by Gasteiger charge is 2.61. The largest absolute Gasteiger partial charge is 0.493 e. The van der Waals surface area contributed by atoms with E-state index in [9.17, 15) is 26.7 Å². The third-order valence-electron chi connectivity index (χ3n) is 6.15. The number of imidazole rings is 1. The number of benzene rings is 1. The molecule has 0 saturated carbocycles. The van der Waals surface area contributed by atoms with Crippen molar-refractivity contribution in [3.63, 3.8) is 0 Å². The molecule has 35 heavy (non-hydrogen) atoms. The van der Waals surface area contributed by atoms with E-state index in [1.165, 1.54) is 19.1 Å². The van der Waals surface area contributed by atoms with E-state index in [2.05, 4.69) is 15.0 Å². The molecule has 4 rings (SSSR count). The number of carbonyl (C=O) groups is 1. The number of nitrogens with two attached hydrogens (primary N) is 2. The molecular weight excluding hydrogens is 477 g/mol. The predicted molar refractivity (Wildman–Crippen MR) is 117 cm³/mol. The Morgan fingerprint density at radius 3 is 2.49 bits per heavy atom. The van der Waals surface area contributed by atoms with Crippen LogP contribution in [0, 0.1) is 24.5 Å². The number of alkyl halides is 3. The molecule has 3 atom stereocenters. The van der Waals surface area contributed by atoms with Crippen LogP contribution < -0.4 is 16.2 Å². The highest BCUT2D eigenvalue weighted by Crippen LogP contribution is 2.51. The first-order chi connectivity index (χ1) is 16.2. The third-order valence-corrected chi connectivity index (χ3v) is 6.15. The van der Waals surface area contributed by atoms with Gasteiger partial charge in [0.1, 0.15) is 17.0 Å². The van der Waals surface area contributed by atoms with Gasteiger partial charge in [-0.1, -0.05) is 13.0 Å². The Balaban J connectivity index is 0.000000211. The van der Waals surface area contributed by atoms with Crippen LogP contribution in [-0.4, -0.2) is 46.4 Å². The fourth-order valence-corrected chi connectivity index (χ4v) is 3.96. The minimum atomic E-state index is -4.55. The van der Waals surface area contributed by atoms with Crippen LogP contribution in [0.25, 0.3) is 11.0 Å². The van der Waals surface area contributed by atoms with Gasteiger partial charge in [0.25, 0.3) is 5.91 Å². The first-order valence-electron chi connectivity index (χ1n) is 10.4. The Labute approximate surface area is 196 Å². The van der Waals surface area contributed by atoms with E-state index in [-0.39, 0.29) is 29.4 Å². The number of aromatic amines is 1. The monoisotopic (exact) mass is 501 g/mol.